The molecule has 0 amide bonds. The van der Waals surface area contributed by atoms with Crippen LogP contribution in [0.4, 0.5) is 4.39 Å². The lowest BCUT2D eigenvalue weighted by Crippen LogP contribution is -2.13. The van der Waals surface area contributed by atoms with E-state index in [4.69, 9.17) is 16.0 Å². The van der Waals surface area contributed by atoms with E-state index in [1.54, 1.807) is 12.3 Å². The first-order chi connectivity index (χ1) is 8.70. The Morgan fingerprint density at radius 1 is 1.33 bits per heavy atom. The van der Waals surface area contributed by atoms with Crippen molar-refractivity contribution in [3.63, 3.8) is 0 Å². The third-order valence-corrected chi connectivity index (χ3v) is 2.85. The SMILES string of the molecule is CCCNCc1occc1-c1cc(F)cc(Cl)c1. The molecule has 2 rings (SSSR count). The average Bonchev–Trinajstić information content (AvgIpc) is 2.76. The third-order valence-electron chi connectivity index (χ3n) is 2.63. The van der Waals surface area contributed by atoms with E-state index in [1.807, 2.05) is 6.07 Å². The molecule has 0 fully saturated rings. The monoisotopic (exact) mass is 267 g/mol. The predicted octanol–water partition coefficient (Wildman–Crippen LogP) is 4.24. The van der Waals surface area contributed by atoms with Gasteiger partial charge in [0.15, 0.2) is 0 Å². The number of hydrogen-bond acceptors (Lipinski definition) is 2. The van der Waals surface area contributed by atoms with Gasteiger partial charge in [-0.15, -0.1) is 0 Å². The molecule has 1 aromatic heterocycles. The van der Waals surface area contributed by atoms with Crippen LogP contribution in [0.25, 0.3) is 11.1 Å². The Labute approximate surface area is 111 Å². The summed E-state index contributed by atoms with van der Waals surface area (Å²) in [7, 11) is 0. The van der Waals surface area contributed by atoms with Gasteiger partial charge in [-0.1, -0.05) is 18.5 Å². The second kappa shape index (κ2) is 6.03. The normalized spacial score (nSPS) is 10.8. The fraction of sp³-hybridized carbons (Fsp3) is 0.286. The van der Waals surface area contributed by atoms with E-state index in [0.29, 0.717) is 11.6 Å². The summed E-state index contributed by atoms with van der Waals surface area (Å²) in [5.74, 6) is 0.455. The highest BCUT2D eigenvalue weighted by Crippen LogP contribution is 2.28. The van der Waals surface area contributed by atoms with Crippen molar-refractivity contribution in [2.24, 2.45) is 0 Å². The molecule has 0 radical (unpaired) electrons. The van der Waals surface area contributed by atoms with Gasteiger partial charge >= 0.3 is 0 Å². The van der Waals surface area contributed by atoms with Crippen molar-refractivity contribution in [1.82, 2.24) is 5.32 Å². The average molecular weight is 268 g/mol. The summed E-state index contributed by atoms with van der Waals surface area (Å²) in [5, 5.41) is 3.64. The second-order valence-corrected chi connectivity index (χ2v) is 4.53. The summed E-state index contributed by atoms with van der Waals surface area (Å²) >= 11 is 5.86. The van der Waals surface area contributed by atoms with Crippen LogP contribution in [0.2, 0.25) is 5.02 Å². The molecule has 1 heterocycles. The molecule has 4 heteroatoms. The van der Waals surface area contributed by atoms with Crippen molar-refractivity contribution in [1.29, 1.82) is 0 Å². The van der Waals surface area contributed by atoms with Gasteiger partial charge in [-0.25, -0.2) is 4.39 Å². The number of rotatable bonds is 5. The Hall–Kier alpha value is -1.32. The van der Waals surface area contributed by atoms with Crippen molar-refractivity contribution in [3.8, 4) is 11.1 Å². The Morgan fingerprint density at radius 3 is 2.89 bits per heavy atom. The van der Waals surface area contributed by atoms with Crippen LogP contribution < -0.4 is 5.32 Å². The minimum atomic E-state index is -0.342. The Bertz CT molecular complexity index is 504. The summed E-state index contributed by atoms with van der Waals surface area (Å²) in [6.45, 7) is 3.65. The van der Waals surface area contributed by atoms with Crippen molar-refractivity contribution < 1.29 is 8.81 Å². The van der Waals surface area contributed by atoms with Gasteiger partial charge in [0.05, 0.1) is 12.8 Å². The van der Waals surface area contributed by atoms with Crippen molar-refractivity contribution in [2.45, 2.75) is 19.9 Å². The molecule has 0 saturated heterocycles. The van der Waals surface area contributed by atoms with Crippen LogP contribution in [0.15, 0.2) is 34.9 Å². The van der Waals surface area contributed by atoms with Crippen LogP contribution in [0, 0.1) is 5.82 Å². The minimum absolute atomic E-state index is 0.342. The second-order valence-electron chi connectivity index (χ2n) is 4.09. The zero-order chi connectivity index (χ0) is 13.0. The van der Waals surface area contributed by atoms with Gasteiger partial charge in [0.2, 0.25) is 0 Å². The van der Waals surface area contributed by atoms with E-state index >= 15 is 0 Å². The first-order valence-corrected chi connectivity index (χ1v) is 6.32. The topological polar surface area (TPSA) is 25.2 Å². The summed E-state index contributed by atoms with van der Waals surface area (Å²) in [4.78, 5) is 0. The van der Waals surface area contributed by atoms with Gasteiger partial charge in [0.25, 0.3) is 0 Å². The van der Waals surface area contributed by atoms with E-state index < -0.39 is 0 Å². The molecule has 0 aliphatic heterocycles. The van der Waals surface area contributed by atoms with Crippen molar-refractivity contribution >= 4 is 11.6 Å². The molecule has 0 unspecified atom stereocenters. The standard InChI is InChI=1S/C14H15ClFNO/c1-2-4-17-9-14-13(3-5-18-14)10-6-11(15)8-12(16)7-10/h3,5-8,17H,2,4,9H2,1H3. The largest absolute Gasteiger partial charge is 0.467 e. The molecule has 18 heavy (non-hydrogen) atoms. The number of benzene rings is 1. The van der Waals surface area contributed by atoms with E-state index in [9.17, 15) is 4.39 Å². The first kappa shape index (κ1) is 13.1. The highest BCUT2D eigenvalue weighted by Gasteiger charge is 2.10. The van der Waals surface area contributed by atoms with Crippen molar-refractivity contribution in [3.05, 3.63) is 47.1 Å². The quantitative estimate of drug-likeness (QED) is 0.820. The maximum Gasteiger partial charge on any atom is 0.125 e. The lowest BCUT2D eigenvalue weighted by atomic mass is 10.1. The summed E-state index contributed by atoms with van der Waals surface area (Å²) in [5.41, 5.74) is 1.61. The molecule has 0 aliphatic carbocycles. The number of halogens is 2. The fourth-order valence-electron chi connectivity index (χ4n) is 1.82. The summed E-state index contributed by atoms with van der Waals surface area (Å²) in [6.07, 6.45) is 2.67. The molecule has 2 nitrogen and oxygen atoms in total. The van der Waals surface area contributed by atoms with Crippen LogP contribution in [0.5, 0.6) is 0 Å². The minimum Gasteiger partial charge on any atom is -0.467 e. The van der Waals surface area contributed by atoms with Gasteiger partial charge in [0.1, 0.15) is 11.6 Å². The smallest absolute Gasteiger partial charge is 0.125 e. The number of nitrogens with one attached hydrogen (secondary N) is 1. The van der Waals surface area contributed by atoms with E-state index in [1.165, 1.54) is 12.1 Å². The van der Waals surface area contributed by atoms with E-state index in [0.717, 1.165) is 29.9 Å². The van der Waals surface area contributed by atoms with Crippen LogP contribution in [-0.2, 0) is 6.54 Å². The molecule has 0 atom stereocenters. The molecule has 0 saturated carbocycles. The zero-order valence-corrected chi connectivity index (χ0v) is 10.9. The number of hydrogen-bond donors (Lipinski definition) is 1. The maximum atomic E-state index is 13.3. The highest BCUT2D eigenvalue weighted by atomic mass is 35.5. The Balaban J connectivity index is 2.24. The predicted molar refractivity (Wildman–Crippen MR) is 71.1 cm³/mol. The van der Waals surface area contributed by atoms with Crippen LogP contribution in [-0.4, -0.2) is 6.54 Å². The molecule has 0 spiro atoms. The van der Waals surface area contributed by atoms with Crippen molar-refractivity contribution in [2.75, 3.05) is 6.54 Å². The molecule has 96 valence electrons. The van der Waals surface area contributed by atoms with Crippen LogP contribution >= 0.6 is 11.6 Å². The third kappa shape index (κ3) is 3.12. The maximum absolute atomic E-state index is 13.3. The molecule has 1 N–H and O–H groups in total. The Morgan fingerprint density at radius 2 is 2.17 bits per heavy atom. The molecule has 2 aromatic rings. The van der Waals surface area contributed by atoms with Gasteiger partial charge in [0, 0.05) is 10.6 Å². The van der Waals surface area contributed by atoms with Crippen LogP contribution in [0.3, 0.4) is 0 Å². The molecule has 0 bridgehead atoms. The van der Waals surface area contributed by atoms with Gasteiger partial charge in [-0.05, 0) is 42.8 Å². The Kier molecular flexibility index (Phi) is 4.39. The van der Waals surface area contributed by atoms with Gasteiger partial charge < -0.3 is 9.73 Å². The summed E-state index contributed by atoms with van der Waals surface area (Å²) < 4.78 is 18.7. The van der Waals surface area contributed by atoms with E-state index in [-0.39, 0.29) is 5.82 Å². The van der Waals surface area contributed by atoms with Gasteiger partial charge in [-0.2, -0.15) is 0 Å². The first-order valence-electron chi connectivity index (χ1n) is 5.94. The van der Waals surface area contributed by atoms with Gasteiger partial charge in [-0.3, -0.25) is 0 Å². The lowest BCUT2D eigenvalue weighted by molar-refractivity contribution is 0.484. The summed E-state index contributed by atoms with van der Waals surface area (Å²) in [6, 6.07) is 6.31. The molecular weight excluding hydrogens is 253 g/mol. The number of furan rings is 1. The van der Waals surface area contributed by atoms with Crippen LogP contribution in [0.1, 0.15) is 19.1 Å². The lowest BCUT2D eigenvalue weighted by Gasteiger charge is -2.05. The molecule has 1 aromatic carbocycles. The highest BCUT2D eigenvalue weighted by molar-refractivity contribution is 6.30. The molecule has 0 aliphatic rings. The fourth-order valence-corrected chi connectivity index (χ4v) is 2.04. The zero-order valence-electron chi connectivity index (χ0n) is 10.2. The molecular formula is C14H15ClFNO. The van der Waals surface area contributed by atoms with E-state index in [2.05, 4.69) is 12.2 Å².